The van der Waals surface area contributed by atoms with Gasteiger partial charge in [-0.15, -0.1) is 0 Å². The van der Waals surface area contributed by atoms with Crippen molar-refractivity contribution in [1.82, 2.24) is 15.3 Å². The van der Waals surface area contributed by atoms with Crippen molar-refractivity contribution in [3.63, 3.8) is 0 Å². The molecule has 0 spiro atoms. The molecule has 0 radical (unpaired) electrons. The Morgan fingerprint density at radius 2 is 2.46 bits per heavy atom. The van der Waals surface area contributed by atoms with Gasteiger partial charge in [0.25, 0.3) is 0 Å². The normalized spacial score (nSPS) is 11.3. The summed E-state index contributed by atoms with van der Waals surface area (Å²) in [6, 6.07) is 0. The fourth-order valence-corrected chi connectivity index (χ4v) is 0.909. The summed E-state index contributed by atoms with van der Waals surface area (Å²) in [6.07, 6.45) is 3.38. The molecule has 0 fully saturated rings. The van der Waals surface area contributed by atoms with E-state index in [1.165, 1.54) is 0 Å². The maximum atomic E-state index is 11.4. The number of hydrogen-bond acceptors (Lipinski definition) is 2. The number of H-pyrrole nitrogens is 1. The van der Waals surface area contributed by atoms with Crippen LogP contribution in [-0.2, 0) is 11.3 Å². The molecule has 1 aromatic rings. The minimum absolute atomic E-state index is 0.0519. The van der Waals surface area contributed by atoms with Crippen molar-refractivity contribution in [1.29, 1.82) is 0 Å². The van der Waals surface area contributed by atoms with E-state index in [-0.39, 0.29) is 5.91 Å². The molecule has 0 atom stereocenters. The highest BCUT2D eigenvalue weighted by atomic mass is 79.9. The summed E-state index contributed by atoms with van der Waals surface area (Å²) in [4.78, 5) is 18.2. The molecule has 0 saturated heterocycles. The standard InChI is InChI=1S/C8H12BrN3O/c1-8(2,9)7(13)12-5-6-10-3-4-11-6/h3-4H,5H2,1-2H3,(H,10,11)(H,12,13). The smallest absolute Gasteiger partial charge is 0.236 e. The fraction of sp³-hybridized carbons (Fsp3) is 0.500. The summed E-state index contributed by atoms with van der Waals surface area (Å²) >= 11 is 3.27. The Balaban J connectivity index is 2.40. The van der Waals surface area contributed by atoms with Crippen molar-refractivity contribution in [3.8, 4) is 0 Å². The fourth-order valence-electron chi connectivity index (χ4n) is 0.769. The van der Waals surface area contributed by atoms with Gasteiger partial charge in [-0.1, -0.05) is 15.9 Å². The maximum Gasteiger partial charge on any atom is 0.236 e. The highest BCUT2D eigenvalue weighted by Crippen LogP contribution is 2.15. The van der Waals surface area contributed by atoms with E-state index in [2.05, 4.69) is 31.2 Å². The number of halogens is 1. The quantitative estimate of drug-likeness (QED) is 0.787. The van der Waals surface area contributed by atoms with Gasteiger partial charge in [0, 0.05) is 12.4 Å². The first kappa shape index (κ1) is 10.2. The maximum absolute atomic E-state index is 11.4. The Morgan fingerprint density at radius 3 is 2.92 bits per heavy atom. The van der Waals surface area contributed by atoms with Crippen LogP contribution in [0.2, 0.25) is 0 Å². The molecule has 1 heterocycles. The molecule has 72 valence electrons. The second-order valence-corrected chi connectivity index (χ2v) is 5.17. The van der Waals surface area contributed by atoms with Gasteiger partial charge in [0.15, 0.2) is 0 Å². The molecule has 1 rings (SSSR count). The monoisotopic (exact) mass is 245 g/mol. The summed E-state index contributed by atoms with van der Waals surface area (Å²) in [5.41, 5.74) is 0. The Hall–Kier alpha value is -0.840. The minimum atomic E-state index is -0.528. The zero-order chi connectivity index (χ0) is 9.90. The first-order valence-electron chi connectivity index (χ1n) is 3.95. The predicted molar refractivity (Wildman–Crippen MR) is 53.4 cm³/mol. The zero-order valence-electron chi connectivity index (χ0n) is 7.60. The van der Waals surface area contributed by atoms with Crippen LogP contribution in [-0.4, -0.2) is 20.2 Å². The summed E-state index contributed by atoms with van der Waals surface area (Å²) in [6.45, 7) is 4.02. The number of aromatic nitrogens is 2. The second kappa shape index (κ2) is 3.91. The molecule has 1 aromatic heterocycles. The van der Waals surface area contributed by atoms with E-state index in [0.29, 0.717) is 6.54 Å². The molecule has 0 aliphatic heterocycles. The number of nitrogens with zero attached hydrogens (tertiary/aromatic N) is 1. The van der Waals surface area contributed by atoms with Crippen LogP contribution >= 0.6 is 15.9 Å². The molecule has 1 amide bonds. The van der Waals surface area contributed by atoms with Gasteiger partial charge in [0.1, 0.15) is 5.82 Å². The van der Waals surface area contributed by atoms with Gasteiger partial charge in [0.2, 0.25) is 5.91 Å². The lowest BCUT2D eigenvalue weighted by molar-refractivity contribution is -0.122. The van der Waals surface area contributed by atoms with Gasteiger partial charge in [-0.2, -0.15) is 0 Å². The number of rotatable bonds is 3. The highest BCUT2D eigenvalue weighted by Gasteiger charge is 2.22. The third-order valence-corrected chi connectivity index (χ3v) is 1.87. The van der Waals surface area contributed by atoms with Crippen LogP contribution in [0.1, 0.15) is 19.7 Å². The third-order valence-electron chi connectivity index (χ3n) is 1.51. The van der Waals surface area contributed by atoms with E-state index in [4.69, 9.17) is 0 Å². The van der Waals surface area contributed by atoms with Crippen LogP contribution in [0.3, 0.4) is 0 Å². The summed E-state index contributed by atoms with van der Waals surface area (Å²) in [7, 11) is 0. The van der Waals surface area contributed by atoms with E-state index in [9.17, 15) is 4.79 Å². The van der Waals surface area contributed by atoms with Crippen molar-refractivity contribution in [2.45, 2.75) is 24.7 Å². The number of imidazole rings is 1. The van der Waals surface area contributed by atoms with Crippen molar-refractivity contribution >= 4 is 21.8 Å². The first-order chi connectivity index (χ1) is 6.00. The molecule has 0 aliphatic carbocycles. The average molecular weight is 246 g/mol. The van der Waals surface area contributed by atoms with Gasteiger partial charge in [-0.05, 0) is 13.8 Å². The SMILES string of the molecule is CC(C)(Br)C(=O)NCc1ncc[nH]1. The lowest BCUT2D eigenvalue weighted by Crippen LogP contribution is -2.37. The van der Waals surface area contributed by atoms with Crippen molar-refractivity contribution in [2.75, 3.05) is 0 Å². The highest BCUT2D eigenvalue weighted by molar-refractivity contribution is 9.10. The Morgan fingerprint density at radius 1 is 1.77 bits per heavy atom. The minimum Gasteiger partial charge on any atom is -0.348 e. The van der Waals surface area contributed by atoms with Crippen LogP contribution < -0.4 is 5.32 Å². The molecule has 0 unspecified atom stereocenters. The van der Waals surface area contributed by atoms with Gasteiger partial charge < -0.3 is 10.3 Å². The van der Waals surface area contributed by atoms with E-state index >= 15 is 0 Å². The first-order valence-corrected chi connectivity index (χ1v) is 4.75. The van der Waals surface area contributed by atoms with Gasteiger partial charge in [0.05, 0.1) is 10.9 Å². The van der Waals surface area contributed by atoms with E-state index in [1.807, 2.05) is 0 Å². The predicted octanol–water partition coefficient (Wildman–Crippen LogP) is 1.20. The Labute approximate surface area is 85.3 Å². The Bertz CT molecular complexity index is 276. The van der Waals surface area contributed by atoms with Gasteiger partial charge >= 0.3 is 0 Å². The van der Waals surface area contributed by atoms with Crippen molar-refractivity contribution < 1.29 is 4.79 Å². The van der Waals surface area contributed by atoms with Crippen molar-refractivity contribution in [2.24, 2.45) is 0 Å². The number of hydrogen-bond donors (Lipinski definition) is 2. The molecular formula is C8H12BrN3O. The summed E-state index contributed by atoms with van der Waals surface area (Å²) in [5, 5.41) is 2.75. The molecule has 0 bridgehead atoms. The number of carbonyl (C=O) groups is 1. The summed E-state index contributed by atoms with van der Waals surface area (Å²) < 4.78 is -0.528. The molecule has 5 heteroatoms. The topological polar surface area (TPSA) is 57.8 Å². The molecule has 2 N–H and O–H groups in total. The Kier molecular flexibility index (Phi) is 3.08. The molecule has 13 heavy (non-hydrogen) atoms. The van der Waals surface area contributed by atoms with Crippen LogP contribution in [0.15, 0.2) is 12.4 Å². The van der Waals surface area contributed by atoms with Crippen LogP contribution in [0.25, 0.3) is 0 Å². The molecule has 0 saturated carbocycles. The number of alkyl halides is 1. The van der Waals surface area contributed by atoms with Crippen LogP contribution in [0, 0.1) is 0 Å². The van der Waals surface area contributed by atoms with Gasteiger partial charge in [-0.3, -0.25) is 4.79 Å². The lowest BCUT2D eigenvalue weighted by atomic mass is 10.2. The molecule has 0 aliphatic rings. The molecule has 0 aromatic carbocycles. The molecule has 4 nitrogen and oxygen atoms in total. The summed E-state index contributed by atoms with van der Waals surface area (Å²) in [5.74, 6) is 0.703. The molecular weight excluding hydrogens is 234 g/mol. The second-order valence-electron chi connectivity index (χ2n) is 3.19. The van der Waals surface area contributed by atoms with E-state index < -0.39 is 4.32 Å². The van der Waals surface area contributed by atoms with E-state index in [1.54, 1.807) is 26.2 Å². The average Bonchev–Trinajstić information content (AvgIpc) is 2.50. The lowest BCUT2D eigenvalue weighted by Gasteiger charge is -2.14. The van der Waals surface area contributed by atoms with Crippen LogP contribution in [0.4, 0.5) is 0 Å². The largest absolute Gasteiger partial charge is 0.348 e. The van der Waals surface area contributed by atoms with E-state index in [0.717, 1.165) is 5.82 Å². The third kappa shape index (κ3) is 3.18. The number of aromatic amines is 1. The zero-order valence-corrected chi connectivity index (χ0v) is 9.18. The number of nitrogens with one attached hydrogen (secondary N) is 2. The van der Waals surface area contributed by atoms with Crippen molar-refractivity contribution in [3.05, 3.63) is 18.2 Å². The van der Waals surface area contributed by atoms with Crippen LogP contribution in [0.5, 0.6) is 0 Å². The van der Waals surface area contributed by atoms with Gasteiger partial charge in [-0.25, -0.2) is 4.98 Å². The number of amides is 1. The number of carbonyl (C=O) groups excluding carboxylic acids is 1.